The van der Waals surface area contributed by atoms with Gasteiger partial charge in [-0.05, 0) is 31.0 Å². The largest absolute Gasteiger partial charge is 0.360 e. The second kappa shape index (κ2) is 7.80. The number of thiazole rings is 1. The summed E-state index contributed by atoms with van der Waals surface area (Å²) in [5, 5.41) is 18.3. The van der Waals surface area contributed by atoms with E-state index in [0.717, 1.165) is 26.9 Å². The number of hydrogen-bond acceptors (Lipinski definition) is 8. The molecule has 9 heteroatoms. The molecule has 0 fully saturated rings. The van der Waals surface area contributed by atoms with Crippen molar-refractivity contribution in [3.8, 4) is 0 Å². The predicted molar refractivity (Wildman–Crippen MR) is 115 cm³/mol. The Morgan fingerprint density at radius 3 is 2.55 bits per heavy atom. The third kappa shape index (κ3) is 3.99. The van der Waals surface area contributed by atoms with E-state index in [0.29, 0.717) is 11.7 Å². The van der Waals surface area contributed by atoms with Gasteiger partial charge in [-0.15, -0.1) is 0 Å². The number of aryl methyl sites for hydroxylation is 2. The highest BCUT2D eigenvalue weighted by molar-refractivity contribution is 7.22. The van der Waals surface area contributed by atoms with Gasteiger partial charge in [-0.2, -0.15) is 0 Å². The van der Waals surface area contributed by atoms with Crippen LogP contribution in [-0.4, -0.2) is 19.9 Å². The maximum atomic E-state index is 11.7. The number of rotatable bonds is 6. The number of aromatic nitrogens is 3. The predicted octanol–water partition coefficient (Wildman–Crippen LogP) is 4.97. The summed E-state index contributed by atoms with van der Waals surface area (Å²) in [6.07, 6.45) is 1.30. The third-order valence-corrected chi connectivity index (χ3v) is 5.37. The van der Waals surface area contributed by atoms with Crippen LogP contribution in [0.25, 0.3) is 10.2 Å². The normalized spacial score (nSPS) is 10.8. The van der Waals surface area contributed by atoms with E-state index in [1.165, 1.54) is 17.7 Å². The fourth-order valence-corrected chi connectivity index (χ4v) is 3.85. The van der Waals surface area contributed by atoms with Crippen molar-refractivity contribution >= 4 is 44.0 Å². The van der Waals surface area contributed by atoms with Crippen molar-refractivity contribution in [2.24, 2.45) is 0 Å². The maximum absolute atomic E-state index is 11.7. The van der Waals surface area contributed by atoms with Crippen LogP contribution in [0.1, 0.15) is 16.7 Å². The topological polar surface area (TPSA) is 106 Å². The maximum Gasteiger partial charge on any atom is 0.353 e. The van der Waals surface area contributed by atoms with Crippen LogP contribution < -0.4 is 10.6 Å². The molecule has 0 saturated carbocycles. The van der Waals surface area contributed by atoms with Crippen molar-refractivity contribution in [2.75, 3.05) is 10.6 Å². The number of benzene rings is 2. The van der Waals surface area contributed by atoms with Crippen LogP contribution in [0.3, 0.4) is 0 Å². The summed E-state index contributed by atoms with van der Waals surface area (Å²) in [5.74, 6) is 0.262. The minimum absolute atomic E-state index is 0.105. The first-order valence-electron chi connectivity index (χ1n) is 8.93. The molecule has 0 saturated heterocycles. The number of nitro groups is 1. The van der Waals surface area contributed by atoms with Crippen molar-refractivity contribution in [2.45, 2.75) is 20.4 Å². The first kappa shape index (κ1) is 18.8. The Morgan fingerprint density at radius 1 is 1.07 bits per heavy atom. The van der Waals surface area contributed by atoms with Gasteiger partial charge in [-0.3, -0.25) is 10.1 Å². The molecular formula is C20H18N6O2S. The van der Waals surface area contributed by atoms with Crippen LogP contribution in [0.2, 0.25) is 0 Å². The molecule has 0 bridgehead atoms. The molecule has 0 aliphatic carbocycles. The molecule has 2 N–H and O–H groups in total. The number of hydrogen-bond donors (Lipinski definition) is 2. The van der Waals surface area contributed by atoms with E-state index in [4.69, 9.17) is 0 Å². The lowest BCUT2D eigenvalue weighted by molar-refractivity contribution is -0.383. The summed E-state index contributed by atoms with van der Waals surface area (Å²) in [5.41, 5.74) is 3.86. The number of para-hydroxylation sites is 1. The molecule has 0 aliphatic heterocycles. The van der Waals surface area contributed by atoms with E-state index >= 15 is 0 Å². The monoisotopic (exact) mass is 406 g/mol. The highest BCUT2D eigenvalue weighted by atomic mass is 32.1. The summed E-state index contributed by atoms with van der Waals surface area (Å²) in [7, 11) is 0. The lowest BCUT2D eigenvalue weighted by Gasteiger charge is -2.09. The molecular weight excluding hydrogens is 388 g/mol. The van der Waals surface area contributed by atoms with Crippen LogP contribution in [0, 0.1) is 24.0 Å². The second-order valence-electron chi connectivity index (χ2n) is 6.58. The van der Waals surface area contributed by atoms with Gasteiger partial charge in [0.25, 0.3) is 0 Å². The Kier molecular flexibility index (Phi) is 5.05. The van der Waals surface area contributed by atoms with E-state index in [2.05, 4.69) is 25.6 Å². The zero-order chi connectivity index (χ0) is 20.4. The zero-order valence-electron chi connectivity index (χ0n) is 15.8. The summed E-state index contributed by atoms with van der Waals surface area (Å²) in [6.45, 7) is 4.40. The second-order valence-corrected chi connectivity index (χ2v) is 7.61. The summed E-state index contributed by atoms with van der Waals surface area (Å²) in [4.78, 5) is 23.9. The minimum atomic E-state index is -0.488. The third-order valence-electron chi connectivity index (χ3n) is 4.43. The number of fused-ring (bicyclic) bond motifs is 1. The van der Waals surface area contributed by atoms with Crippen LogP contribution in [0.4, 0.5) is 22.5 Å². The molecule has 4 rings (SSSR count). The van der Waals surface area contributed by atoms with E-state index in [1.54, 1.807) is 0 Å². The van der Waals surface area contributed by atoms with Crippen molar-refractivity contribution < 1.29 is 4.92 Å². The molecule has 2 heterocycles. The standard InChI is InChI=1S/C20H18N6O2S/c1-12-6-8-14(9-7-12)10-21-18-17(26(27)28)19(23-11-22-18)25-20-24-16-13(2)4-3-5-15(16)29-20/h3-9,11H,10H2,1-2H3,(H2,21,22,23,24,25). The van der Waals surface area contributed by atoms with E-state index < -0.39 is 4.92 Å². The van der Waals surface area contributed by atoms with Gasteiger partial charge in [0.2, 0.25) is 11.6 Å². The minimum Gasteiger partial charge on any atom is -0.360 e. The van der Waals surface area contributed by atoms with Crippen LogP contribution in [-0.2, 0) is 6.54 Å². The quantitative estimate of drug-likeness (QED) is 0.344. The molecule has 0 spiro atoms. The Labute approximate surface area is 170 Å². The van der Waals surface area contributed by atoms with Gasteiger partial charge < -0.3 is 10.6 Å². The van der Waals surface area contributed by atoms with Crippen molar-refractivity contribution in [1.82, 2.24) is 15.0 Å². The number of nitrogens with one attached hydrogen (secondary N) is 2. The fraction of sp³-hybridized carbons (Fsp3) is 0.150. The van der Waals surface area contributed by atoms with Crippen molar-refractivity contribution in [3.05, 3.63) is 75.6 Å². The average molecular weight is 406 g/mol. The van der Waals surface area contributed by atoms with E-state index in [-0.39, 0.29) is 17.3 Å². The van der Waals surface area contributed by atoms with Crippen LogP contribution in [0.15, 0.2) is 48.8 Å². The molecule has 2 aromatic carbocycles. The lowest BCUT2D eigenvalue weighted by Crippen LogP contribution is -2.08. The van der Waals surface area contributed by atoms with E-state index in [9.17, 15) is 10.1 Å². The fourth-order valence-electron chi connectivity index (χ4n) is 2.91. The summed E-state index contributed by atoms with van der Waals surface area (Å²) >= 11 is 1.42. The van der Waals surface area contributed by atoms with Gasteiger partial charge in [0.1, 0.15) is 6.33 Å². The SMILES string of the molecule is Cc1ccc(CNc2ncnc(Nc3nc4c(C)cccc4s3)c2[N+](=O)[O-])cc1. The van der Waals surface area contributed by atoms with Crippen LogP contribution >= 0.6 is 11.3 Å². The zero-order valence-corrected chi connectivity index (χ0v) is 16.7. The molecule has 0 aliphatic rings. The van der Waals surface area contributed by atoms with Gasteiger partial charge >= 0.3 is 5.69 Å². The highest BCUT2D eigenvalue weighted by Gasteiger charge is 2.24. The van der Waals surface area contributed by atoms with Crippen LogP contribution in [0.5, 0.6) is 0 Å². The number of anilines is 3. The van der Waals surface area contributed by atoms with Gasteiger partial charge in [-0.1, -0.05) is 53.3 Å². The molecule has 0 unspecified atom stereocenters. The highest BCUT2D eigenvalue weighted by Crippen LogP contribution is 2.34. The summed E-state index contributed by atoms with van der Waals surface area (Å²) < 4.78 is 1.00. The first-order valence-corrected chi connectivity index (χ1v) is 9.75. The van der Waals surface area contributed by atoms with Crippen molar-refractivity contribution in [1.29, 1.82) is 0 Å². The Hall–Kier alpha value is -3.59. The van der Waals surface area contributed by atoms with Gasteiger partial charge in [-0.25, -0.2) is 15.0 Å². The summed E-state index contributed by atoms with van der Waals surface area (Å²) in [6, 6.07) is 13.8. The Morgan fingerprint density at radius 2 is 1.83 bits per heavy atom. The molecule has 0 radical (unpaired) electrons. The Bertz CT molecular complexity index is 1190. The molecule has 4 aromatic rings. The number of nitrogens with zero attached hydrogens (tertiary/aromatic N) is 4. The molecule has 29 heavy (non-hydrogen) atoms. The van der Waals surface area contributed by atoms with Gasteiger partial charge in [0.15, 0.2) is 5.13 Å². The molecule has 8 nitrogen and oxygen atoms in total. The van der Waals surface area contributed by atoms with E-state index in [1.807, 2.05) is 56.3 Å². The molecule has 0 atom stereocenters. The average Bonchev–Trinajstić information content (AvgIpc) is 3.11. The molecule has 146 valence electrons. The lowest BCUT2D eigenvalue weighted by atomic mass is 10.1. The molecule has 0 amide bonds. The smallest absolute Gasteiger partial charge is 0.353 e. The van der Waals surface area contributed by atoms with Gasteiger partial charge in [0.05, 0.1) is 15.1 Å². The van der Waals surface area contributed by atoms with Gasteiger partial charge in [0, 0.05) is 6.54 Å². The first-order chi connectivity index (χ1) is 14.0. The Balaban J connectivity index is 1.62. The molecule has 2 aromatic heterocycles. The van der Waals surface area contributed by atoms with Crippen molar-refractivity contribution in [3.63, 3.8) is 0 Å².